The second kappa shape index (κ2) is 6.16. The highest BCUT2D eigenvalue weighted by molar-refractivity contribution is 7.09. The fourth-order valence-electron chi connectivity index (χ4n) is 3.20. The minimum atomic E-state index is 0.164. The van der Waals surface area contributed by atoms with Crippen LogP contribution in [0, 0.1) is 12.8 Å². The number of hydrogen-bond acceptors (Lipinski definition) is 3. The van der Waals surface area contributed by atoms with E-state index in [9.17, 15) is 0 Å². The SMILES string of the molecule is CCNC1(c2nc(C)cs2)CCCC(CC)CC1. The Morgan fingerprint density at radius 3 is 2.83 bits per heavy atom. The van der Waals surface area contributed by atoms with Crippen molar-refractivity contribution in [3.05, 3.63) is 16.1 Å². The molecule has 2 rings (SSSR count). The van der Waals surface area contributed by atoms with E-state index in [0.29, 0.717) is 0 Å². The van der Waals surface area contributed by atoms with E-state index < -0.39 is 0 Å². The summed E-state index contributed by atoms with van der Waals surface area (Å²) in [5, 5.41) is 7.27. The van der Waals surface area contributed by atoms with Gasteiger partial charge in [-0.05, 0) is 38.6 Å². The van der Waals surface area contributed by atoms with E-state index >= 15 is 0 Å². The van der Waals surface area contributed by atoms with Crippen LogP contribution >= 0.6 is 11.3 Å². The molecule has 1 saturated carbocycles. The smallest absolute Gasteiger partial charge is 0.113 e. The molecule has 1 aliphatic carbocycles. The summed E-state index contributed by atoms with van der Waals surface area (Å²) < 4.78 is 0. The minimum absolute atomic E-state index is 0.164. The fraction of sp³-hybridized carbons (Fsp3) is 0.800. The Morgan fingerprint density at radius 2 is 2.22 bits per heavy atom. The molecule has 1 aromatic rings. The third-order valence-corrected chi connectivity index (χ3v) is 5.48. The van der Waals surface area contributed by atoms with Gasteiger partial charge in [0.15, 0.2) is 0 Å². The van der Waals surface area contributed by atoms with Crippen LogP contribution < -0.4 is 5.32 Å². The molecule has 0 bridgehead atoms. The van der Waals surface area contributed by atoms with E-state index in [1.807, 2.05) is 11.3 Å². The average Bonchev–Trinajstić information content (AvgIpc) is 2.69. The molecule has 0 spiro atoms. The molecule has 102 valence electrons. The minimum Gasteiger partial charge on any atom is -0.306 e. The predicted molar refractivity (Wildman–Crippen MR) is 79.1 cm³/mol. The molecular weight excluding hydrogens is 240 g/mol. The van der Waals surface area contributed by atoms with Gasteiger partial charge in [-0.25, -0.2) is 4.98 Å². The number of aromatic nitrogens is 1. The molecule has 0 radical (unpaired) electrons. The molecule has 1 fully saturated rings. The van der Waals surface area contributed by atoms with Crippen molar-refractivity contribution in [1.29, 1.82) is 0 Å². The molecule has 2 nitrogen and oxygen atoms in total. The molecule has 1 aromatic heterocycles. The van der Waals surface area contributed by atoms with Crippen LogP contribution in [0.25, 0.3) is 0 Å². The number of thiazole rings is 1. The van der Waals surface area contributed by atoms with Gasteiger partial charge in [0.1, 0.15) is 5.01 Å². The predicted octanol–water partition coefficient (Wildman–Crippen LogP) is 4.25. The van der Waals surface area contributed by atoms with Gasteiger partial charge in [0.05, 0.1) is 5.54 Å². The molecule has 0 aromatic carbocycles. The average molecular weight is 266 g/mol. The zero-order valence-electron chi connectivity index (χ0n) is 12.0. The van der Waals surface area contributed by atoms with Gasteiger partial charge >= 0.3 is 0 Å². The van der Waals surface area contributed by atoms with Gasteiger partial charge < -0.3 is 5.32 Å². The van der Waals surface area contributed by atoms with Crippen molar-refractivity contribution in [1.82, 2.24) is 10.3 Å². The van der Waals surface area contributed by atoms with E-state index in [0.717, 1.165) is 12.5 Å². The molecular formula is C15H26N2S. The first kappa shape index (κ1) is 14.0. The molecule has 18 heavy (non-hydrogen) atoms. The van der Waals surface area contributed by atoms with Gasteiger partial charge in [-0.3, -0.25) is 0 Å². The summed E-state index contributed by atoms with van der Waals surface area (Å²) in [6.45, 7) is 7.68. The van der Waals surface area contributed by atoms with Crippen LogP contribution in [0.2, 0.25) is 0 Å². The van der Waals surface area contributed by atoms with Gasteiger partial charge in [-0.15, -0.1) is 11.3 Å². The standard InChI is InChI=1S/C15H26N2S/c1-4-13-7-6-9-15(10-8-13,16-5-2)14-17-12(3)11-18-14/h11,13,16H,4-10H2,1-3H3. The Morgan fingerprint density at radius 1 is 1.39 bits per heavy atom. The largest absolute Gasteiger partial charge is 0.306 e. The van der Waals surface area contributed by atoms with Crippen LogP contribution in [0.5, 0.6) is 0 Å². The Labute approximate surface area is 115 Å². The molecule has 0 saturated heterocycles. The third-order valence-electron chi connectivity index (χ3n) is 4.32. The van der Waals surface area contributed by atoms with Crippen molar-refractivity contribution in [3.8, 4) is 0 Å². The first-order valence-corrected chi connectivity index (χ1v) is 8.25. The van der Waals surface area contributed by atoms with Crippen molar-refractivity contribution in [2.45, 2.75) is 64.8 Å². The van der Waals surface area contributed by atoms with Crippen molar-refractivity contribution in [2.24, 2.45) is 5.92 Å². The van der Waals surface area contributed by atoms with E-state index in [1.54, 1.807) is 0 Å². The highest BCUT2D eigenvalue weighted by atomic mass is 32.1. The molecule has 2 unspecified atom stereocenters. The summed E-state index contributed by atoms with van der Waals surface area (Å²) >= 11 is 1.84. The lowest BCUT2D eigenvalue weighted by Crippen LogP contribution is -2.42. The second-order valence-electron chi connectivity index (χ2n) is 5.61. The lowest BCUT2D eigenvalue weighted by Gasteiger charge is -2.32. The molecule has 3 heteroatoms. The van der Waals surface area contributed by atoms with Crippen molar-refractivity contribution in [2.75, 3.05) is 6.54 Å². The first-order chi connectivity index (χ1) is 8.70. The van der Waals surface area contributed by atoms with Gasteiger partial charge in [-0.2, -0.15) is 0 Å². The Hall–Kier alpha value is -0.410. The quantitative estimate of drug-likeness (QED) is 0.824. The fourth-order valence-corrected chi connectivity index (χ4v) is 4.23. The maximum Gasteiger partial charge on any atom is 0.113 e. The Balaban J connectivity index is 2.21. The molecule has 1 aliphatic rings. The number of hydrogen-bond donors (Lipinski definition) is 1. The monoisotopic (exact) mass is 266 g/mol. The van der Waals surface area contributed by atoms with Crippen LogP contribution in [-0.4, -0.2) is 11.5 Å². The van der Waals surface area contributed by atoms with Crippen molar-refractivity contribution < 1.29 is 0 Å². The van der Waals surface area contributed by atoms with Crippen LogP contribution in [0.3, 0.4) is 0 Å². The number of nitrogens with zero attached hydrogens (tertiary/aromatic N) is 1. The van der Waals surface area contributed by atoms with Gasteiger partial charge in [0.2, 0.25) is 0 Å². The first-order valence-electron chi connectivity index (χ1n) is 7.38. The molecule has 1 N–H and O–H groups in total. The zero-order chi connectivity index (χ0) is 13.0. The summed E-state index contributed by atoms with van der Waals surface area (Å²) in [6, 6.07) is 0. The molecule has 0 aliphatic heterocycles. The normalized spacial score (nSPS) is 29.2. The topological polar surface area (TPSA) is 24.9 Å². The molecule has 2 atom stereocenters. The Kier molecular flexibility index (Phi) is 4.79. The lowest BCUT2D eigenvalue weighted by molar-refractivity contribution is 0.290. The maximum atomic E-state index is 4.77. The van der Waals surface area contributed by atoms with Gasteiger partial charge in [0, 0.05) is 11.1 Å². The highest BCUT2D eigenvalue weighted by Crippen LogP contribution is 2.39. The zero-order valence-corrected chi connectivity index (χ0v) is 12.8. The summed E-state index contributed by atoms with van der Waals surface area (Å²) in [5.41, 5.74) is 1.33. The van der Waals surface area contributed by atoms with Crippen LogP contribution in [0.1, 0.15) is 63.1 Å². The summed E-state index contributed by atoms with van der Waals surface area (Å²) in [5.74, 6) is 0.923. The van der Waals surface area contributed by atoms with Crippen LogP contribution in [0.15, 0.2) is 5.38 Å². The number of aryl methyl sites for hydroxylation is 1. The molecule has 0 amide bonds. The third kappa shape index (κ3) is 2.94. The summed E-state index contributed by atoms with van der Waals surface area (Å²) in [7, 11) is 0. The number of rotatable bonds is 4. The van der Waals surface area contributed by atoms with E-state index in [2.05, 4.69) is 31.5 Å². The van der Waals surface area contributed by atoms with Gasteiger partial charge in [0.25, 0.3) is 0 Å². The van der Waals surface area contributed by atoms with E-state index in [1.165, 1.54) is 49.2 Å². The highest BCUT2D eigenvalue weighted by Gasteiger charge is 2.36. The summed E-state index contributed by atoms with van der Waals surface area (Å²) in [4.78, 5) is 4.77. The lowest BCUT2D eigenvalue weighted by atomic mass is 9.89. The second-order valence-corrected chi connectivity index (χ2v) is 6.47. The van der Waals surface area contributed by atoms with E-state index in [4.69, 9.17) is 4.98 Å². The maximum absolute atomic E-state index is 4.77. The Bertz CT molecular complexity index is 374. The van der Waals surface area contributed by atoms with E-state index in [-0.39, 0.29) is 5.54 Å². The van der Waals surface area contributed by atoms with Crippen LogP contribution in [0.4, 0.5) is 0 Å². The number of nitrogens with one attached hydrogen (secondary N) is 1. The van der Waals surface area contributed by atoms with Gasteiger partial charge in [-0.1, -0.05) is 33.1 Å². The molecule has 1 heterocycles. The van der Waals surface area contributed by atoms with Crippen LogP contribution in [-0.2, 0) is 5.54 Å². The van der Waals surface area contributed by atoms with Crippen molar-refractivity contribution >= 4 is 11.3 Å². The summed E-state index contributed by atoms with van der Waals surface area (Å²) in [6.07, 6.45) is 7.93. The van der Waals surface area contributed by atoms with Crippen molar-refractivity contribution in [3.63, 3.8) is 0 Å².